The topological polar surface area (TPSA) is 106 Å². The van der Waals surface area contributed by atoms with Crippen molar-refractivity contribution in [1.82, 2.24) is 29.6 Å². The fourth-order valence-electron chi connectivity index (χ4n) is 5.28. The van der Waals surface area contributed by atoms with Crippen molar-refractivity contribution in [3.05, 3.63) is 76.2 Å². The van der Waals surface area contributed by atoms with E-state index in [9.17, 15) is 14.7 Å². The Labute approximate surface area is 223 Å². The number of aryl methyl sites for hydroxylation is 2. The number of nitrogens with zero attached hydrogens (tertiary/aromatic N) is 6. The van der Waals surface area contributed by atoms with Crippen LogP contribution >= 0.6 is 0 Å². The normalized spacial score (nSPS) is 15.4. The van der Waals surface area contributed by atoms with Gasteiger partial charge in [-0.05, 0) is 60.7 Å². The van der Waals surface area contributed by atoms with E-state index in [4.69, 9.17) is 4.74 Å². The number of hydrogen-bond donors (Lipinski definition) is 1. The Balaban J connectivity index is 1.49. The van der Waals surface area contributed by atoms with Gasteiger partial charge in [-0.15, -0.1) is 0 Å². The van der Waals surface area contributed by atoms with Gasteiger partial charge in [-0.3, -0.25) is 4.79 Å². The smallest absolute Gasteiger partial charge is 0.363 e. The summed E-state index contributed by atoms with van der Waals surface area (Å²) >= 11 is 0. The van der Waals surface area contributed by atoms with Crippen molar-refractivity contribution in [1.29, 1.82) is 0 Å². The predicted octanol–water partition coefficient (Wildman–Crippen LogP) is 2.42. The summed E-state index contributed by atoms with van der Waals surface area (Å²) in [6, 6.07) is 17.0. The molecule has 2 aromatic carbocycles. The SMILES string of the molecule is CCn1nnn(CCN2CCC(COC)(N(CCCc3ccccc3)C(=O)c3ccccc3O)CC2)c1=O. The Bertz CT molecular complexity index is 1230. The second kappa shape index (κ2) is 12.8. The molecule has 10 heteroatoms. The van der Waals surface area contributed by atoms with E-state index in [1.807, 2.05) is 30.0 Å². The van der Waals surface area contributed by atoms with Crippen molar-refractivity contribution in [2.45, 2.75) is 51.2 Å². The number of carbonyl (C=O) groups is 1. The van der Waals surface area contributed by atoms with E-state index in [0.717, 1.165) is 38.8 Å². The number of piperidine rings is 1. The number of ether oxygens (including phenoxy) is 1. The summed E-state index contributed by atoms with van der Waals surface area (Å²) in [5.74, 6) is -0.189. The molecule has 0 aliphatic carbocycles. The fraction of sp³-hybridized carbons (Fsp3) is 0.500. The number of hydrogen-bond acceptors (Lipinski definition) is 7. The minimum Gasteiger partial charge on any atom is -0.507 e. The van der Waals surface area contributed by atoms with E-state index in [2.05, 4.69) is 27.5 Å². The minimum absolute atomic E-state index is 0.0128. The molecule has 0 saturated carbocycles. The Morgan fingerprint density at radius 1 is 1.03 bits per heavy atom. The number of benzene rings is 2. The number of phenols is 1. The van der Waals surface area contributed by atoms with Crippen LogP contribution in [0.4, 0.5) is 0 Å². The summed E-state index contributed by atoms with van der Waals surface area (Å²) in [5.41, 5.74) is 0.844. The minimum atomic E-state index is -0.497. The van der Waals surface area contributed by atoms with Gasteiger partial charge in [0, 0.05) is 39.8 Å². The van der Waals surface area contributed by atoms with Crippen molar-refractivity contribution in [2.75, 3.05) is 39.9 Å². The van der Waals surface area contributed by atoms with Crippen LogP contribution in [-0.4, -0.2) is 86.0 Å². The van der Waals surface area contributed by atoms with Crippen LogP contribution in [-0.2, 0) is 24.2 Å². The highest BCUT2D eigenvalue weighted by molar-refractivity contribution is 5.97. The number of aromatic nitrogens is 4. The Morgan fingerprint density at radius 3 is 2.37 bits per heavy atom. The first kappa shape index (κ1) is 27.5. The lowest BCUT2D eigenvalue weighted by molar-refractivity contribution is -0.0232. The van der Waals surface area contributed by atoms with E-state index in [-0.39, 0.29) is 17.3 Å². The van der Waals surface area contributed by atoms with Gasteiger partial charge in [0.25, 0.3) is 5.91 Å². The molecule has 0 radical (unpaired) electrons. The molecule has 1 aliphatic rings. The van der Waals surface area contributed by atoms with E-state index >= 15 is 0 Å². The summed E-state index contributed by atoms with van der Waals surface area (Å²) in [7, 11) is 1.67. The first-order valence-corrected chi connectivity index (χ1v) is 13.3. The van der Waals surface area contributed by atoms with Crippen LogP contribution in [0.1, 0.15) is 42.1 Å². The maximum absolute atomic E-state index is 13.9. The number of phenolic OH excluding ortho intramolecular Hbond substituents is 1. The predicted molar refractivity (Wildman–Crippen MR) is 144 cm³/mol. The molecule has 10 nitrogen and oxygen atoms in total. The zero-order chi connectivity index (χ0) is 27.0. The van der Waals surface area contributed by atoms with E-state index in [1.54, 1.807) is 31.4 Å². The molecule has 204 valence electrons. The van der Waals surface area contributed by atoms with Crippen molar-refractivity contribution >= 4 is 5.91 Å². The Hall–Kier alpha value is -3.50. The van der Waals surface area contributed by atoms with Gasteiger partial charge < -0.3 is 19.6 Å². The van der Waals surface area contributed by atoms with Crippen molar-refractivity contribution in [2.24, 2.45) is 0 Å². The molecule has 1 aromatic heterocycles. The molecule has 1 fully saturated rings. The summed E-state index contributed by atoms with van der Waals surface area (Å²) in [5, 5.41) is 18.3. The molecule has 1 saturated heterocycles. The maximum Gasteiger partial charge on any atom is 0.363 e. The lowest BCUT2D eigenvalue weighted by Gasteiger charge is -2.48. The summed E-state index contributed by atoms with van der Waals surface area (Å²) in [4.78, 5) is 30.4. The number of carbonyl (C=O) groups excluding carboxylic acids is 1. The largest absolute Gasteiger partial charge is 0.507 e. The van der Waals surface area contributed by atoms with E-state index in [1.165, 1.54) is 14.9 Å². The number of methoxy groups -OCH3 is 1. The number of aromatic hydroxyl groups is 1. The molecule has 3 aromatic rings. The van der Waals surface area contributed by atoms with Crippen molar-refractivity contribution in [3.63, 3.8) is 0 Å². The molecular weight excluding hydrogens is 484 g/mol. The van der Waals surface area contributed by atoms with Crippen molar-refractivity contribution in [3.8, 4) is 5.75 Å². The third-order valence-corrected chi connectivity index (χ3v) is 7.47. The van der Waals surface area contributed by atoms with Gasteiger partial charge in [-0.1, -0.05) is 42.5 Å². The molecule has 0 unspecified atom stereocenters. The van der Waals surface area contributed by atoms with Crippen LogP contribution in [0.5, 0.6) is 5.75 Å². The third kappa shape index (κ3) is 6.31. The first-order chi connectivity index (χ1) is 18.5. The lowest BCUT2D eigenvalue weighted by atomic mass is 9.85. The van der Waals surface area contributed by atoms with Crippen LogP contribution < -0.4 is 5.69 Å². The highest BCUT2D eigenvalue weighted by Crippen LogP contribution is 2.33. The highest BCUT2D eigenvalue weighted by Gasteiger charge is 2.43. The maximum atomic E-state index is 13.9. The molecule has 0 atom stereocenters. The van der Waals surface area contributed by atoms with Gasteiger partial charge in [0.2, 0.25) is 0 Å². The van der Waals surface area contributed by atoms with E-state index < -0.39 is 5.54 Å². The summed E-state index contributed by atoms with van der Waals surface area (Å²) < 4.78 is 8.45. The molecule has 0 spiro atoms. The Morgan fingerprint density at radius 2 is 1.71 bits per heavy atom. The van der Waals surface area contributed by atoms with Crippen LogP contribution in [0.2, 0.25) is 0 Å². The zero-order valence-corrected chi connectivity index (χ0v) is 22.3. The van der Waals surface area contributed by atoms with Crippen molar-refractivity contribution < 1.29 is 14.6 Å². The number of tetrazole rings is 1. The lowest BCUT2D eigenvalue weighted by Crippen LogP contribution is -2.60. The van der Waals surface area contributed by atoms with Gasteiger partial charge in [-0.25, -0.2) is 4.79 Å². The second-order valence-electron chi connectivity index (χ2n) is 9.86. The average molecular weight is 523 g/mol. The van der Waals surface area contributed by atoms with Gasteiger partial charge in [-0.2, -0.15) is 9.36 Å². The van der Waals surface area contributed by atoms with E-state index in [0.29, 0.717) is 38.3 Å². The fourth-order valence-corrected chi connectivity index (χ4v) is 5.28. The van der Waals surface area contributed by atoms with Gasteiger partial charge in [0.1, 0.15) is 5.75 Å². The standard InChI is InChI=1S/C28H38N6O4/c1-3-33-27(37)34(30-29-33)21-20-31-18-15-28(16-19-31,22-38-2)32(17-9-12-23-10-5-4-6-11-23)26(36)24-13-7-8-14-25(24)35/h4-8,10-11,13-14,35H,3,9,12,15-22H2,1-2H3. The summed E-state index contributed by atoms with van der Waals surface area (Å²) in [6.45, 7) is 5.97. The molecule has 1 aliphatic heterocycles. The average Bonchev–Trinajstić information content (AvgIpc) is 3.30. The molecular formula is C28H38N6O4. The summed E-state index contributed by atoms with van der Waals surface area (Å²) in [6.07, 6.45) is 3.10. The van der Waals surface area contributed by atoms with Gasteiger partial charge in [0.15, 0.2) is 0 Å². The van der Waals surface area contributed by atoms with Gasteiger partial charge >= 0.3 is 5.69 Å². The van der Waals surface area contributed by atoms with Crippen LogP contribution in [0.3, 0.4) is 0 Å². The number of rotatable bonds is 12. The molecule has 0 bridgehead atoms. The molecule has 38 heavy (non-hydrogen) atoms. The number of amides is 1. The molecule has 1 amide bonds. The van der Waals surface area contributed by atoms with Crippen LogP contribution in [0.25, 0.3) is 0 Å². The second-order valence-corrected chi connectivity index (χ2v) is 9.86. The highest BCUT2D eigenvalue weighted by atomic mass is 16.5. The first-order valence-electron chi connectivity index (χ1n) is 13.3. The number of likely N-dealkylation sites (tertiary alicyclic amines) is 1. The Kier molecular flexibility index (Phi) is 9.30. The molecule has 2 heterocycles. The van der Waals surface area contributed by atoms with Gasteiger partial charge in [0.05, 0.1) is 24.3 Å². The van der Waals surface area contributed by atoms with Crippen LogP contribution in [0, 0.1) is 0 Å². The molecule has 1 N–H and O–H groups in total. The quantitative estimate of drug-likeness (QED) is 0.389. The van der Waals surface area contributed by atoms with Crippen LogP contribution in [0.15, 0.2) is 59.4 Å². The monoisotopic (exact) mass is 522 g/mol. The molecule has 4 rings (SSSR count). The third-order valence-electron chi connectivity index (χ3n) is 7.47. The zero-order valence-electron chi connectivity index (χ0n) is 22.3. The number of para-hydroxylation sites is 1.